The average molecular weight is 284 g/mol. The second kappa shape index (κ2) is 6.20. The maximum atomic E-state index is 5.75. The van der Waals surface area contributed by atoms with E-state index in [1.54, 1.807) is 6.20 Å². The van der Waals surface area contributed by atoms with Crippen LogP contribution in [0.3, 0.4) is 0 Å². The van der Waals surface area contributed by atoms with Crippen LogP contribution in [-0.4, -0.2) is 16.6 Å². The third kappa shape index (κ3) is 3.04. The number of hydrogen-bond acceptors (Lipinski definition) is 5. The van der Waals surface area contributed by atoms with Gasteiger partial charge in [-0.05, 0) is 43.4 Å². The molecule has 0 saturated carbocycles. The van der Waals surface area contributed by atoms with Gasteiger partial charge in [-0.15, -0.1) is 0 Å². The third-order valence-electron chi connectivity index (χ3n) is 3.96. The fraction of sp³-hybridized carbons (Fsp3) is 0.375. The fourth-order valence-corrected chi connectivity index (χ4v) is 2.89. The first kappa shape index (κ1) is 14.0. The summed E-state index contributed by atoms with van der Waals surface area (Å²) in [7, 11) is 0. The lowest BCUT2D eigenvalue weighted by molar-refractivity contribution is 0.254. The van der Waals surface area contributed by atoms with E-state index in [1.165, 1.54) is 5.56 Å². The van der Waals surface area contributed by atoms with E-state index in [1.807, 2.05) is 25.1 Å². The number of para-hydroxylation sites is 1. The molecule has 21 heavy (non-hydrogen) atoms. The summed E-state index contributed by atoms with van der Waals surface area (Å²) < 4.78 is 5.72. The number of rotatable bonds is 4. The van der Waals surface area contributed by atoms with Gasteiger partial charge in [0.15, 0.2) is 0 Å². The first-order valence-electron chi connectivity index (χ1n) is 7.25. The van der Waals surface area contributed by atoms with Gasteiger partial charge in [0.2, 0.25) is 0 Å². The van der Waals surface area contributed by atoms with Crippen LogP contribution in [0.4, 0.5) is 0 Å². The van der Waals surface area contributed by atoms with Gasteiger partial charge in [-0.3, -0.25) is 11.3 Å². The summed E-state index contributed by atoms with van der Waals surface area (Å²) in [6, 6.07) is 10.2. The second-order valence-corrected chi connectivity index (χ2v) is 5.36. The number of nitrogens with zero attached hydrogens (tertiary/aromatic N) is 2. The van der Waals surface area contributed by atoms with Gasteiger partial charge in [-0.2, -0.15) is 0 Å². The van der Waals surface area contributed by atoms with Crippen LogP contribution >= 0.6 is 0 Å². The summed E-state index contributed by atoms with van der Waals surface area (Å²) in [6.07, 6.45) is 3.67. The van der Waals surface area contributed by atoms with Crippen molar-refractivity contribution in [3.63, 3.8) is 0 Å². The van der Waals surface area contributed by atoms with E-state index in [9.17, 15) is 0 Å². The van der Waals surface area contributed by atoms with Gasteiger partial charge in [-0.1, -0.05) is 18.2 Å². The lowest BCUT2D eigenvalue weighted by atomic mass is 9.87. The van der Waals surface area contributed by atoms with Crippen LogP contribution < -0.4 is 16.0 Å². The normalized spacial score (nSPS) is 18.7. The van der Waals surface area contributed by atoms with Gasteiger partial charge in [0.1, 0.15) is 11.6 Å². The monoisotopic (exact) mass is 284 g/mol. The maximum Gasteiger partial charge on any atom is 0.125 e. The van der Waals surface area contributed by atoms with E-state index in [2.05, 4.69) is 27.5 Å². The number of ether oxygens (including phenoxy) is 1. The van der Waals surface area contributed by atoms with Crippen molar-refractivity contribution < 1.29 is 4.74 Å². The Morgan fingerprint density at radius 3 is 3.05 bits per heavy atom. The smallest absolute Gasteiger partial charge is 0.125 e. The number of aryl methyl sites for hydroxylation is 1. The van der Waals surface area contributed by atoms with E-state index >= 15 is 0 Å². The standard InChI is InChI=1S/C16H20N4O/c1-11-18-8-6-14(19-11)15(20-17)10-12-7-9-21-16-5-3-2-4-13(12)16/h2-6,8,12,15,20H,7,9-10,17H2,1H3. The Bertz CT molecular complexity index is 617. The van der Waals surface area contributed by atoms with E-state index in [0.29, 0.717) is 5.92 Å². The molecule has 1 aliphatic heterocycles. The average Bonchev–Trinajstić information content (AvgIpc) is 2.52. The molecule has 1 aromatic carbocycles. The summed E-state index contributed by atoms with van der Waals surface area (Å²) in [6.45, 7) is 2.64. The van der Waals surface area contributed by atoms with Crippen LogP contribution in [0.2, 0.25) is 0 Å². The summed E-state index contributed by atoms with van der Waals surface area (Å²) >= 11 is 0. The molecule has 0 spiro atoms. The van der Waals surface area contributed by atoms with Crippen molar-refractivity contribution in [2.45, 2.75) is 31.7 Å². The highest BCUT2D eigenvalue weighted by atomic mass is 16.5. The lowest BCUT2D eigenvalue weighted by Gasteiger charge is -2.28. The van der Waals surface area contributed by atoms with Crippen molar-refractivity contribution in [2.24, 2.45) is 5.84 Å². The molecule has 0 amide bonds. The van der Waals surface area contributed by atoms with Gasteiger partial charge >= 0.3 is 0 Å². The Morgan fingerprint density at radius 1 is 1.38 bits per heavy atom. The minimum absolute atomic E-state index is 0.0165. The molecule has 2 aromatic rings. The number of hydrazine groups is 1. The molecule has 5 heteroatoms. The molecule has 0 aliphatic carbocycles. The molecule has 110 valence electrons. The first-order chi connectivity index (χ1) is 10.3. The van der Waals surface area contributed by atoms with Crippen molar-refractivity contribution in [3.05, 3.63) is 53.6 Å². The summed E-state index contributed by atoms with van der Waals surface area (Å²) in [5, 5.41) is 0. The minimum atomic E-state index is 0.0165. The van der Waals surface area contributed by atoms with E-state index in [0.717, 1.165) is 36.7 Å². The van der Waals surface area contributed by atoms with Crippen molar-refractivity contribution in [3.8, 4) is 5.75 Å². The zero-order valence-electron chi connectivity index (χ0n) is 12.1. The molecular formula is C16H20N4O. The molecule has 0 saturated heterocycles. The highest BCUT2D eigenvalue weighted by molar-refractivity contribution is 5.38. The number of nitrogens with two attached hydrogens (primary N) is 1. The first-order valence-corrected chi connectivity index (χ1v) is 7.25. The SMILES string of the molecule is Cc1nccc(C(CC2CCOc3ccccc32)NN)n1. The van der Waals surface area contributed by atoms with Crippen LogP contribution in [0.1, 0.15) is 41.9 Å². The molecule has 3 N–H and O–H groups in total. The highest BCUT2D eigenvalue weighted by Gasteiger charge is 2.25. The topological polar surface area (TPSA) is 73.1 Å². The molecule has 0 bridgehead atoms. The zero-order chi connectivity index (χ0) is 14.7. The Morgan fingerprint density at radius 2 is 2.24 bits per heavy atom. The molecular weight excluding hydrogens is 264 g/mol. The lowest BCUT2D eigenvalue weighted by Crippen LogP contribution is -2.31. The Hall–Kier alpha value is -1.98. The van der Waals surface area contributed by atoms with Gasteiger partial charge in [-0.25, -0.2) is 9.97 Å². The minimum Gasteiger partial charge on any atom is -0.493 e. The number of hydrogen-bond donors (Lipinski definition) is 2. The number of aromatic nitrogens is 2. The zero-order valence-corrected chi connectivity index (χ0v) is 12.1. The predicted molar refractivity (Wildman–Crippen MR) is 80.7 cm³/mol. The summed E-state index contributed by atoms with van der Waals surface area (Å²) in [5.74, 6) is 7.93. The molecule has 1 aliphatic rings. The maximum absolute atomic E-state index is 5.75. The fourth-order valence-electron chi connectivity index (χ4n) is 2.89. The summed E-state index contributed by atoms with van der Waals surface area (Å²) in [4.78, 5) is 8.62. The van der Waals surface area contributed by atoms with E-state index in [-0.39, 0.29) is 6.04 Å². The van der Waals surface area contributed by atoms with Crippen molar-refractivity contribution >= 4 is 0 Å². The van der Waals surface area contributed by atoms with Gasteiger partial charge < -0.3 is 4.74 Å². The van der Waals surface area contributed by atoms with Gasteiger partial charge in [0.05, 0.1) is 18.3 Å². The largest absolute Gasteiger partial charge is 0.493 e. The van der Waals surface area contributed by atoms with Crippen LogP contribution in [-0.2, 0) is 0 Å². The number of benzene rings is 1. The quantitative estimate of drug-likeness (QED) is 0.665. The molecule has 3 rings (SSSR count). The van der Waals surface area contributed by atoms with Crippen LogP contribution in [0.5, 0.6) is 5.75 Å². The number of nitrogens with one attached hydrogen (secondary N) is 1. The Labute approximate surface area is 124 Å². The molecule has 1 aromatic heterocycles. The van der Waals surface area contributed by atoms with Crippen LogP contribution in [0, 0.1) is 6.92 Å². The summed E-state index contributed by atoms with van der Waals surface area (Å²) in [5.41, 5.74) is 5.09. The van der Waals surface area contributed by atoms with Crippen molar-refractivity contribution in [2.75, 3.05) is 6.61 Å². The van der Waals surface area contributed by atoms with Crippen LogP contribution in [0.15, 0.2) is 36.5 Å². The molecule has 2 unspecified atom stereocenters. The molecule has 2 atom stereocenters. The van der Waals surface area contributed by atoms with Gasteiger partial charge in [0.25, 0.3) is 0 Å². The molecule has 0 radical (unpaired) electrons. The van der Waals surface area contributed by atoms with Crippen molar-refractivity contribution in [1.29, 1.82) is 0 Å². The third-order valence-corrected chi connectivity index (χ3v) is 3.96. The molecule has 0 fully saturated rings. The van der Waals surface area contributed by atoms with E-state index in [4.69, 9.17) is 10.6 Å². The second-order valence-electron chi connectivity index (χ2n) is 5.36. The Kier molecular flexibility index (Phi) is 4.13. The van der Waals surface area contributed by atoms with Crippen LogP contribution in [0.25, 0.3) is 0 Å². The molecule has 5 nitrogen and oxygen atoms in total. The van der Waals surface area contributed by atoms with Crippen molar-refractivity contribution in [1.82, 2.24) is 15.4 Å². The Balaban J connectivity index is 1.82. The van der Waals surface area contributed by atoms with E-state index < -0.39 is 0 Å². The molecule has 2 heterocycles. The highest BCUT2D eigenvalue weighted by Crippen LogP contribution is 2.38. The van der Waals surface area contributed by atoms with Gasteiger partial charge in [0, 0.05) is 6.20 Å². The predicted octanol–water partition coefficient (Wildman–Crippen LogP) is 2.25. The number of fused-ring (bicyclic) bond motifs is 1.